The van der Waals surface area contributed by atoms with E-state index in [2.05, 4.69) is 0 Å². The summed E-state index contributed by atoms with van der Waals surface area (Å²) in [6.07, 6.45) is 1.27. The molecule has 0 aromatic carbocycles. The number of halogens is 1. The molecule has 0 spiro atoms. The molecule has 2 atom stereocenters. The van der Waals surface area contributed by atoms with E-state index in [4.69, 9.17) is 26.7 Å². The van der Waals surface area contributed by atoms with Gasteiger partial charge in [0.15, 0.2) is 6.10 Å². The maximum absolute atomic E-state index is 11.5. The van der Waals surface area contributed by atoms with Gasteiger partial charge in [-0.25, -0.2) is 13.6 Å². The molecule has 1 rings (SSSR count). The summed E-state index contributed by atoms with van der Waals surface area (Å²) in [5, 5.41) is 14.0. The highest BCUT2D eigenvalue weighted by Gasteiger charge is 2.44. The Labute approximate surface area is 109 Å². The fourth-order valence-corrected chi connectivity index (χ4v) is 2.95. The summed E-state index contributed by atoms with van der Waals surface area (Å²) in [5.74, 6) is -0.734. The van der Waals surface area contributed by atoms with Gasteiger partial charge in [0.2, 0.25) is 10.0 Å². The fourth-order valence-electron chi connectivity index (χ4n) is 1.54. The summed E-state index contributed by atoms with van der Waals surface area (Å²) < 4.78 is 27.9. The van der Waals surface area contributed by atoms with Crippen LogP contribution in [0.15, 0.2) is 22.1 Å². The average Bonchev–Trinajstić information content (AvgIpc) is 2.21. The Morgan fingerprint density at radius 3 is 2.61 bits per heavy atom. The predicted octanol–water partition coefficient (Wildman–Crippen LogP) is -0.0357. The smallest absolute Gasteiger partial charge is 0.303 e. The van der Waals surface area contributed by atoms with Gasteiger partial charge in [-0.2, -0.15) is 5.48 Å². The van der Waals surface area contributed by atoms with E-state index >= 15 is 0 Å². The maximum Gasteiger partial charge on any atom is 0.303 e. The van der Waals surface area contributed by atoms with E-state index in [1.165, 1.54) is 19.1 Å². The van der Waals surface area contributed by atoms with Crippen LogP contribution < -0.4 is 10.6 Å². The van der Waals surface area contributed by atoms with Crippen LogP contribution in [0.3, 0.4) is 0 Å². The SMILES string of the molecule is CC(=O)OC1C(S(N)(=O)=O)=C(Cl)C=CC1(C)NO. The molecule has 0 radical (unpaired) electrons. The molecule has 0 saturated heterocycles. The van der Waals surface area contributed by atoms with Crippen LogP contribution in [-0.4, -0.2) is 31.2 Å². The maximum atomic E-state index is 11.5. The molecule has 0 fully saturated rings. The summed E-state index contributed by atoms with van der Waals surface area (Å²) in [6, 6.07) is 0. The second kappa shape index (κ2) is 4.98. The van der Waals surface area contributed by atoms with Crippen molar-refractivity contribution in [2.75, 3.05) is 0 Å². The number of carbonyl (C=O) groups is 1. The monoisotopic (exact) mass is 296 g/mol. The van der Waals surface area contributed by atoms with Crippen LogP contribution in [0.4, 0.5) is 0 Å². The number of allylic oxidation sites excluding steroid dienone is 2. The number of sulfonamides is 1. The summed E-state index contributed by atoms with van der Waals surface area (Å²) in [6.45, 7) is 2.52. The van der Waals surface area contributed by atoms with Crippen LogP contribution in [0, 0.1) is 0 Å². The number of primary sulfonamides is 1. The van der Waals surface area contributed by atoms with Gasteiger partial charge in [-0.1, -0.05) is 17.7 Å². The third-order valence-corrected chi connectivity index (χ3v) is 3.91. The molecule has 2 unspecified atom stereocenters. The van der Waals surface area contributed by atoms with Crippen molar-refractivity contribution in [1.29, 1.82) is 0 Å². The van der Waals surface area contributed by atoms with E-state index in [0.717, 1.165) is 6.92 Å². The molecule has 4 N–H and O–H groups in total. The molecule has 0 saturated carbocycles. The second-order valence-electron chi connectivity index (χ2n) is 3.97. The van der Waals surface area contributed by atoms with E-state index in [9.17, 15) is 13.2 Å². The third kappa shape index (κ3) is 2.90. The van der Waals surface area contributed by atoms with Crippen molar-refractivity contribution in [3.63, 3.8) is 0 Å². The number of carbonyl (C=O) groups excluding carboxylic acids is 1. The third-order valence-electron chi connectivity index (χ3n) is 2.43. The molecule has 0 aromatic heterocycles. The first-order valence-corrected chi connectivity index (χ1v) is 6.74. The number of ether oxygens (including phenoxy) is 1. The Morgan fingerprint density at radius 1 is 1.67 bits per heavy atom. The van der Waals surface area contributed by atoms with Crippen LogP contribution in [0.25, 0.3) is 0 Å². The second-order valence-corrected chi connectivity index (χ2v) is 5.91. The highest BCUT2D eigenvalue weighted by atomic mass is 35.5. The van der Waals surface area contributed by atoms with Crippen molar-refractivity contribution >= 4 is 27.6 Å². The molecule has 0 aromatic rings. The van der Waals surface area contributed by atoms with Gasteiger partial charge < -0.3 is 9.94 Å². The molecule has 0 heterocycles. The highest BCUT2D eigenvalue weighted by Crippen LogP contribution is 2.33. The Morgan fingerprint density at radius 2 is 2.22 bits per heavy atom. The van der Waals surface area contributed by atoms with Crippen molar-refractivity contribution in [3.8, 4) is 0 Å². The normalized spacial score (nSPS) is 28.4. The van der Waals surface area contributed by atoms with Crippen molar-refractivity contribution in [3.05, 3.63) is 22.1 Å². The van der Waals surface area contributed by atoms with Crippen LogP contribution in [-0.2, 0) is 19.6 Å². The molecular formula is C9H13ClN2O5S. The minimum atomic E-state index is -4.18. The molecule has 0 aliphatic heterocycles. The largest absolute Gasteiger partial charge is 0.454 e. The fraction of sp³-hybridized carbons (Fsp3) is 0.444. The zero-order chi connectivity index (χ0) is 14.1. The van der Waals surface area contributed by atoms with Gasteiger partial charge in [-0.05, 0) is 13.0 Å². The Kier molecular flexibility index (Phi) is 4.19. The number of nitrogens with one attached hydrogen (secondary N) is 1. The quantitative estimate of drug-likeness (QED) is 0.497. The van der Waals surface area contributed by atoms with Gasteiger partial charge in [0.1, 0.15) is 10.4 Å². The minimum Gasteiger partial charge on any atom is -0.454 e. The number of hydrogen-bond acceptors (Lipinski definition) is 6. The number of esters is 1. The Bertz CT molecular complexity index is 527. The number of rotatable bonds is 3. The average molecular weight is 297 g/mol. The molecular weight excluding hydrogens is 284 g/mol. The van der Waals surface area contributed by atoms with Crippen molar-refractivity contribution in [1.82, 2.24) is 5.48 Å². The van der Waals surface area contributed by atoms with Crippen LogP contribution in [0.5, 0.6) is 0 Å². The number of hydroxylamine groups is 1. The summed E-state index contributed by atoms with van der Waals surface area (Å²) in [5.41, 5.74) is 0.540. The van der Waals surface area contributed by atoms with Crippen molar-refractivity contribution in [2.45, 2.75) is 25.5 Å². The van der Waals surface area contributed by atoms with Gasteiger partial charge >= 0.3 is 5.97 Å². The molecule has 18 heavy (non-hydrogen) atoms. The van der Waals surface area contributed by atoms with Crippen molar-refractivity contribution in [2.24, 2.45) is 5.14 Å². The summed E-state index contributed by atoms with van der Waals surface area (Å²) in [7, 11) is -4.18. The summed E-state index contributed by atoms with van der Waals surface area (Å²) in [4.78, 5) is 10.6. The first kappa shape index (κ1) is 15.1. The van der Waals surface area contributed by atoms with Crippen LogP contribution in [0.1, 0.15) is 13.8 Å². The zero-order valence-electron chi connectivity index (χ0n) is 9.68. The molecule has 9 heteroatoms. The van der Waals surface area contributed by atoms with E-state index in [0.29, 0.717) is 0 Å². The lowest BCUT2D eigenvalue weighted by atomic mass is 9.91. The van der Waals surface area contributed by atoms with Crippen LogP contribution in [0.2, 0.25) is 0 Å². The number of hydrogen-bond donors (Lipinski definition) is 3. The van der Waals surface area contributed by atoms with Crippen molar-refractivity contribution < 1.29 is 23.2 Å². The standard InChI is InChI=1S/C9H13ClN2O5S/c1-5(13)17-8-7(18(11,15)16)6(10)3-4-9(8,2)12-14/h3-4,8,12,14H,1-2H3,(H2,11,15,16). The van der Waals surface area contributed by atoms with E-state index < -0.39 is 32.5 Å². The topological polar surface area (TPSA) is 119 Å². The van der Waals surface area contributed by atoms with E-state index in [-0.39, 0.29) is 5.03 Å². The molecule has 102 valence electrons. The lowest BCUT2D eigenvalue weighted by Crippen LogP contribution is -2.54. The van der Waals surface area contributed by atoms with Gasteiger partial charge in [-0.15, -0.1) is 0 Å². The first-order chi connectivity index (χ1) is 8.12. The first-order valence-electron chi connectivity index (χ1n) is 4.82. The van der Waals surface area contributed by atoms with Gasteiger partial charge in [-0.3, -0.25) is 4.79 Å². The molecule has 7 nitrogen and oxygen atoms in total. The lowest BCUT2D eigenvalue weighted by Gasteiger charge is -2.36. The van der Waals surface area contributed by atoms with Gasteiger partial charge in [0, 0.05) is 6.92 Å². The predicted molar refractivity (Wildman–Crippen MR) is 64.0 cm³/mol. The van der Waals surface area contributed by atoms with Gasteiger partial charge in [0.25, 0.3) is 0 Å². The lowest BCUT2D eigenvalue weighted by molar-refractivity contribution is -0.148. The molecule has 1 aliphatic rings. The zero-order valence-corrected chi connectivity index (χ0v) is 11.2. The van der Waals surface area contributed by atoms with E-state index in [1.54, 1.807) is 0 Å². The molecule has 0 amide bonds. The summed E-state index contributed by atoms with van der Waals surface area (Å²) >= 11 is 5.76. The molecule has 1 aliphatic carbocycles. The minimum absolute atomic E-state index is 0.170. The Balaban J connectivity index is 3.40. The highest BCUT2D eigenvalue weighted by molar-refractivity contribution is 7.93. The molecule has 0 bridgehead atoms. The Hall–Kier alpha value is -0.930. The van der Waals surface area contributed by atoms with E-state index in [1.807, 2.05) is 5.48 Å². The number of nitrogens with two attached hydrogens (primary N) is 1. The van der Waals surface area contributed by atoms with Gasteiger partial charge in [0.05, 0.1) is 5.03 Å². The van der Waals surface area contributed by atoms with Crippen LogP contribution >= 0.6 is 11.6 Å².